The molecule has 0 aliphatic heterocycles. The van der Waals surface area contributed by atoms with Gasteiger partial charge in [0.15, 0.2) is 11.5 Å². The Hall–Kier alpha value is -1.73. The zero-order valence-electron chi connectivity index (χ0n) is 10.7. The van der Waals surface area contributed by atoms with Gasteiger partial charge in [0.05, 0.1) is 12.4 Å². The van der Waals surface area contributed by atoms with Crippen molar-refractivity contribution in [1.29, 1.82) is 0 Å². The Bertz CT molecular complexity index is 585. The average Bonchev–Trinajstić information content (AvgIpc) is 3.01. The standard InChI is InChI=1S/C12H17N5O2/c1-13-11-10-12(15-5-14-11)17(6-16-10)8-2-7(4-18)9(19)3-8/h5-9,18-19H,2-4H2,1H3,(H,13,14,15)/t7?,8-,9+/m1/s1. The van der Waals surface area contributed by atoms with Crippen molar-refractivity contribution in [2.75, 3.05) is 19.0 Å². The van der Waals surface area contributed by atoms with Crippen LogP contribution in [0.15, 0.2) is 12.7 Å². The van der Waals surface area contributed by atoms with Gasteiger partial charge in [0.2, 0.25) is 0 Å². The molecule has 1 saturated carbocycles. The Morgan fingerprint density at radius 3 is 2.89 bits per heavy atom. The van der Waals surface area contributed by atoms with Crippen LogP contribution in [-0.4, -0.2) is 49.5 Å². The molecule has 7 nitrogen and oxygen atoms in total. The van der Waals surface area contributed by atoms with Crippen molar-refractivity contribution < 1.29 is 10.2 Å². The molecule has 102 valence electrons. The number of aliphatic hydroxyl groups excluding tert-OH is 2. The van der Waals surface area contributed by atoms with Gasteiger partial charge in [-0.3, -0.25) is 0 Å². The lowest BCUT2D eigenvalue weighted by atomic mass is 10.1. The van der Waals surface area contributed by atoms with Gasteiger partial charge in [-0.1, -0.05) is 0 Å². The van der Waals surface area contributed by atoms with E-state index >= 15 is 0 Å². The van der Waals surface area contributed by atoms with E-state index in [1.807, 2.05) is 4.57 Å². The van der Waals surface area contributed by atoms with Gasteiger partial charge in [-0.15, -0.1) is 0 Å². The fraction of sp³-hybridized carbons (Fsp3) is 0.583. The van der Waals surface area contributed by atoms with Gasteiger partial charge in [0.1, 0.15) is 11.8 Å². The van der Waals surface area contributed by atoms with Crippen molar-refractivity contribution in [3.8, 4) is 0 Å². The molecule has 1 aliphatic carbocycles. The average molecular weight is 263 g/mol. The number of fused-ring (bicyclic) bond motifs is 1. The monoisotopic (exact) mass is 263 g/mol. The molecule has 2 heterocycles. The van der Waals surface area contributed by atoms with Crippen LogP contribution in [0.4, 0.5) is 5.82 Å². The van der Waals surface area contributed by atoms with Crippen molar-refractivity contribution >= 4 is 17.0 Å². The maximum Gasteiger partial charge on any atom is 0.165 e. The van der Waals surface area contributed by atoms with Gasteiger partial charge in [0.25, 0.3) is 0 Å². The van der Waals surface area contributed by atoms with Gasteiger partial charge >= 0.3 is 0 Å². The third kappa shape index (κ3) is 1.95. The van der Waals surface area contributed by atoms with Gasteiger partial charge in [-0.25, -0.2) is 15.0 Å². The van der Waals surface area contributed by atoms with Crippen LogP contribution in [-0.2, 0) is 0 Å². The molecule has 1 fully saturated rings. The maximum absolute atomic E-state index is 9.89. The first-order valence-electron chi connectivity index (χ1n) is 6.38. The highest BCUT2D eigenvalue weighted by Gasteiger charge is 2.34. The third-order valence-electron chi connectivity index (χ3n) is 3.86. The van der Waals surface area contributed by atoms with Crippen LogP contribution in [0.1, 0.15) is 18.9 Å². The number of imidazole rings is 1. The van der Waals surface area contributed by atoms with Gasteiger partial charge in [-0.2, -0.15) is 0 Å². The number of hydrogen-bond acceptors (Lipinski definition) is 6. The molecule has 3 N–H and O–H groups in total. The highest BCUT2D eigenvalue weighted by Crippen LogP contribution is 2.36. The summed E-state index contributed by atoms with van der Waals surface area (Å²) in [5.41, 5.74) is 1.49. The number of nitrogens with one attached hydrogen (secondary N) is 1. The van der Waals surface area contributed by atoms with Gasteiger partial charge in [-0.05, 0) is 12.8 Å². The van der Waals surface area contributed by atoms with Crippen molar-refractivity contribution in [3.63, 3.8) is 0 Å². The first-order chi connectivity index (χ1) is 9.24. The molecule has 2 aromatic rings. The molecule has 0 bridgehead atoms. The summed E-state index contributed by atoms with van der Waals surface area (Å²) in [4.78, 5) is 12.7. The Labute approximate surface area is 110 Å². The second kappa shape index (κ2) is 4.75. The second-order valence-electron chi connectivity index (χ2n) is 4.93. The summed E-state index contributed by atoms with van der Waals surface area (Å²) < 4.78 is 1.97. The van der Waals surface area contributed by atoms with E-state index in [1.54, 1.807) is 13.4 Å². The number of hydrogen-bond donors (Lipinski definition) is 3. The molecule has 7 heteroatoms. The molecule has 3 atom stereocenters. The van der Waals surface area contributed by atoms with E-state index in [2.05, 4.69) is 20.3 Å². The largest absolute Gasteiger partial charge is 0.396 e. The van der Waals surface area contributed by atoms with Crippen molar-refractivity contribution in [2.45, 2.75) is 25.0 Å². The van der Waals surface area contributed by atoms with E-state index in [0.29, 0.717) is 12.2 Å². The predicted molar refractivity (Wildman–Crippen MR) is 69.7 cm³/mol. The quantitative estimate of drug-likeness (QED) is 0.730. The highest BCUT2D eigenvalue weighted by molar-refractivity contribution is 5.82. The zero-order chi connectivity index (χ0) is 13.4. The summed E-state index contributed by atoms with van der Waals surface area (Å²) in [7, 11) is 1.79. The summed E-state index contributed by atoms with van der Waals surface area (Å²) in [5, 5.41) is 22.1. The fourth-order valence-corrected chi connectivity index (χ4v) is 2.80. The van der Waals surface area contributed by atoms with Crippen LogP contribution in [0.2, 0.25) is 0 Å². The van der Waals surface area contributed by atoms with E-state index in [4.69, 9.17) is 0 Å². The topological polar surface area (TPSA) is 96.1 Å². The summed E-state index contributed by atoms with van der Waals surface area (Å²) >= 11 is 0. The molecular formula is C12H17N5O2. The number of aliphatic hydroxyl groups is 2. The molecule has 0 amide bonds. The SMILES string of the molecule is CNc1ncnc2c1ncn2[C@@H]1CC(CO)[C@@H](O)C1. The summed E-state index contributed by atoms with van der Waals surface area (Å²) in [6.07, 6.45) is 4.13. The molecule has 0 spiro atoms. The lowest BCUT2D eigenvalue weighted by Gasteiger charge is -2.12. The van der Waals surface area contributed by atoms with E-state index in [0.717, 1.165) is 17.6 Å². The first kappa shape index (κ1) is 12.3. The van der Waals surface area contributed by atoms with Crippen LogP contribution in [0.25, 0.3) is 11.2 Å². The molecule has 1 unspecified atom stereocenters. The molecule has 1 aliphatic rings. The molecule has 2 aromatic heterocycles. The fourth-order valence-electron chi connectivity index (χ4n) is 2.80. The van der Waals surface area contributed by atoms with Crippen LogP contribution >= 0.6 is 0 Å². The van der Waals surface area contributed by atoms with E-state index < -0.39 is 6.10 Å². The van der Waals surface area contributed by atoms with Crippen LogP contribution in [0, 0.1) is 5.92 Å². The first-order valence-corrected chi connectivity index (χ1v) is 6.38. The van der Waals surface area contributed by atoms with E-state index in [-0.39, 0.29) is 18.6 Å². The predicted octanol–water partition coefficient (Wildman–Crippen LogP) is 0.172. The number of rotatable bonds is 3. The van der Waals surface area contributed by atoms with E-state index in [9.17, 15) is 10.2 Å². The van der Waals surface area contributed by atoms with Crippen LogP contribution in [0.3, 0.4) is 0 Å². The second-order valence-corrected chi connectivity index (χ2v) is 4.93. The minimum Gasteiger partial charge on any atom is -0.396 e. The van der Waals surface area contributed by atoms with Crippen LogP contribution < -0.4 is 5.32 Å². The zero-order valence-corrected chi connectivity index (χ0v) is 10.7. The lowest BCUT2D eigenvalue weighted by Crippen LogP contribution is -2.16. The summed E-state index contributed by atoms with van der Waals surface area (Å²) in [6, 6.07) is 0.122. The molecule has 19 heavy (non-hydrogen) atoms. The Balaban J connectivity index is 1.98. The summed E-state index contributed by atoms with van der Waals surface area (Å²) in [5.74, 6) is 0.633. The molecule has 3 rings (SSSR count). The molecular weight excluding hydrogens is 246 g/mol. The number of nitrogens with zero attached hydrogens (tertiary/aromatic N) is 4. The number of anilines is 1. The Morgan fingerprint density at radius 2 is 2.21 bits per heavy atom. The third-order valence-corrected chi connectivity index (χ3v) is 3.86. The lowest BCUT2D eigenvalue weighted by molar-refractivity contribution is 0.0906. The van der Waals surface area contributed by atoms with E-state index in [1.165, 1.54) is 6.33 Å². The molecule has 0 aromatic carbocycles. The van der Waals surface area contributed by atoms with Crippen molar-refractivity contribution in [3.05, 3.63) is 12.7 Å². The highest BCUT2D eigenvalue weighted by atomic mass is 16.3. The van der Waals surface area contributed by atoms with Gasteiger partial charge in [0, 0.05) is 25.6 Å². The normalized spacial score (nSPS) is 27.0. The number of aromatic nitrogens is 4. The minimum absolute atomic E-state index is 0.0149. The van der Waals surface area contributed by atoms with Crippen LogP contribution in [0.5, 0.6) is 0 Å². The molecule has 0 saturated heterocycles. The Kier molecular flexibility index (Phi) is 3.08. The van der Waals surface area contributed by atoms with Crippen molar-refractivity contribution in [2.24, 2.45) is 5.92 Å². The maximum atomic E-state index is 9.89. The van der Waals surface area contributed by atoms with Gasteiger partial charge < -0.3 is 20.1 Å². The smallest absolute Gasteiger partial charge is 0.165 e. The minimum atomic E-state index is -0.460. The summed E-state index contributed by atoms with van der Waals surface area (Å²) in [6.45, 7) is 0.0149. The van der Waals surface area contributed by atoms with Crippen molar-refractivity contribution in [1.82, 2.24) is 19.5 Å². The Morgan fingerprint density at radius 1 is 1.37 bits per heavy atom. The molecule has 0 radical (unpaired) electrons.